The van der Waals surface area contributed by atoms with E-state index < -0.39 is 18.4 Å². The molecule has 0 spiro atoms. The summed E-state index contributed by atoms with van der Waals surface area (Å²) in [5.41, 5.74) is 0. The summed E-state index contributed by atoms with van der Waals surface area (Å²) in [5.74, 6) is 0.332. The van der Waals surface area contributed by atoms with Gasteiger partial charge in [-0.05, 0) is 24.2 Å². The lowest BCUT2D eigenvalue weighted by molar-refractivity contribution is -0.151. The zero-order valence-electron chi connectivity index (χ0n) is 14.8. The van der Waals surface area contributed by atoms with E-state index in [1.165, 1.54) is 32.1 Å². The van der Waals surface area contributed by atoms with E-state index in [0.717, 1.165) is 24.7 Å². The van der Waals surface area contributed by atoms with E-state index >= 15 is 0 Å². The molecule has 0 aromatic rings. The van der Waals surface area contributed by atoms with Crippen molar-refractivity contribution in [3.8, 4) is 0 Å². The number of carbonyl (C=O) groups excluding carboxylic acids is 1. The van der Waals surface area contributed by atoms with Crippen LogP contribution in [0.4, 0.5) is 0 Å². The Morgan fingerprint density at radius 2 is 1.36 bits per heavy atom. The van der Waals surface area contributed by atoms with Gasteiger partial charge in [0.2, 0.25) is 0 Å². The second-order valence-electron chi connectivity index (χ2n) is 7.05. The van der Waals surface area contributed by atoms with E-state index in [0.29, 0.717) is 12.5 Å². The number of rotatable bonds is 13. The number of hydrogen-bond donors (Lipinski definition) is 1. The Balaban J connectivity index is 3.54. The Hall–Kier alpha value is -1.06. The minimum Gasteiger partial charge on any atom is -0.481 e. The Morgan fingerprint density at radius 3 is 1.86 bits per heavy atom. The maximum Gasteiger partial charge on any atom is 0.317 e. The number of ether oxygens (including phenoxy) is 1. The van der Waals surface area contributed by atoms with Crippen LogP contribution in [-0.4, -0.2) is 23.7 Å². The van der Waals surface area contributed by atoms with Gasteiger partial charge in [0.15, 0.2) is 0 Å². The fourth-order valence-corrected chi connectivity index (χ4v) is 2.53. The molecule has 22 heavy (non-hydrogen) atoms. The molecule has 2 atom stereocenters. The average Bonchev–Trinajstić information content (AvgIpc) is 2.37. The second kappa shape index (κ2) is 12.5. The van der Waals surface area contributed by atoms with Crippen molar-refractivity contribution in [1.29, 1.82) is 0 Å². The summed E-state index contributed by atoms with van der Waals surface area (Å²) in [6, 6.07) is 0. The van der Waals surface area contributed by atoms with Crippen LogP contribution >= 0.6 is 0 Å². The number of hydrogen-bond acceptors (Lipinski definition) is 3. The maximum atomic E-state index is 11.1. The zero-order chi connectivity index (χ0) is 17.0. The molecular weight excluding hydrogens is 280 g/mol. The third kappa shape index (κ3) is 13.9. The van der Waals surface area contributed by atoms with Crippen LogP contribution in [0.3, 0.4) is 0 Å². The molecule has 0 bridgehead atoms. The molecule has 130 valence electrons. The van der Waals surface area contributed by atoms with Gasteiger partial charge in [-0.3, -0.25) is 9.59 Å². The van der Waals surface area contributed by atoms with Crippen molar-refractivity contribution in [2.24, 2.45) is 17.8 Å². The van der Waals surface area contributed by atoms with Gasteiger partial charge in [0.05, 0.1) is 6.61 Å². The Bertz CT molecular complexity index is 312. The van der Waals surface area contributed by atoms with Gasteiger partial charge in [0, 0.05) is 0 Å². The predicted molar refractivity (Wildman–Crippen MR) is 88.7 cm³/mol. The van der Waals surface area contributed by atoms with E-state index in [1.807, 2.05) is 0 Å². The number of carboxylic acids is 1. The molecule has 0 aromatic carbocycles. The summed E-state index contributed by atoms with van der Waals surface area (Å²) in [7, 11) is 0. The minimum absolute atomic E-state index is 0.331. The third-order valence-electron chi connectivity index (χ3n) is 4.04. The molecule has 0 heterocycles. The Labute approximate surface area is 135 Å². The van der Waals surface area contributed by atoms with Crippen molar-refractivity contribution in [3.05, 3.63) is 0 Å². The van der Waals surface area contributed by atoms with Crippen LogP contribution in [0.2, 0.25) is 0 Å². The number of carboxylic acid groups (broad SMARTS) is 1. The van der Waals surface area contributed by atoms with Crippen molar-refractivity contribution in [2.75, 3.05) is 6.61 Å². The summed E-state index contributed by atoms with van der Waals surface area (Å²) in [5, 5.41) is 8.45. The minimum atomic E-state index is -1.13. The molecule has 1 N–H and O–H groups in total. The highest BCUT2D eigenvalue weighted by Gasteiger charge is 2.10. The molecule has 0 radical (unpaired) electrons. The summed E-state index contributed by atoms with van der Waals surface area (Å²) in [6.07, 6.45) is 7.87. The molecule has 0 aliphatic heterocycles. The first-order chi connectivity index (χ1) is 10.3. The molecule has 4 nitrogen and oxygen atoms in total. The first-order valence-electron chi connectivity index (χ1n) is 8.68. The fourth-order valence-electron chi connectivity index (χ4n) is 2.53. The van der Waals surface area contributed by atoms with Crippen LogP contribution in [0.15, 0.2) is 0 Å². The van der Waals surface area contributed by atoms with Crippen LogP contribution < -0.4 is 0 Å². The molecular formula is C18H34O4. The lowest BCUT2D eigenvalue weighted by Gasteiger charge is -2.15. The van der Waals surface area contributed by atoms with Gasteiger partial charge in [-0.1, -0.05) is 66.2 Å². The van der Waals surface area contributed by atoms with E-state index in [9.17, 15) is 9.59 Å². The van der Waals surface area contributed by atoms with Gasteiger partial charge in [-0.25, -0.2) is 0 Å². The number of aliphatic carboxylic acids is 1. The summed E-state index contributed by atoms with van der Waals surface area (Å²) in [4.78, 5) is 21.4. The quantitative estimate of drug-likeness (QED) is 0.396. The second-order valence-corrected chi connectivity index (χ2v) is 7.05. The first-order valence-corrected chi connectivity index (χ1v) is 8.68. The molecule has 0 saturated carbocycles. The van der Waals surface area contributed by atoms with Gasteiger partial charge in [0.25, 0.3) is 0 Å². The molecule has 0 aromatic heterocycles. The summed E-state index contributed by atoms with van der Waals surface area (Å²) >= 11 is 0. The van der Waals surface area contributed by atoms with Gasteiger partial charge in [-0.15, -0.1) is 0 Å². The smallest absolute Gasteiger partial charge is 0.317 e. The summed E-state index contributed by atoms with van der Waals surface area (Å²) in [6.45, 7) is 9.37. The SMILES string of the molecule is CC(C)CCCC(C)CCCC(C)CCOC(=O)CC(=O)O. The van der Waals surface area contributed by atoms with Crippen LogP contribution in [0, 0.1) is 17.8 Å². The van der Waals surface area contributed by atoms with Crippen LogP contribution in [-0.2, 0) is 14.3 Å². The molecule has 0 amide bonds. The fraction of sp³-hybridized carbons (Fsp3) is 0.889. The molecule has 0 aliphatic carbocycles. The highest BCUT2D eigenvalue weighted by molar-refractivity contribution is 5.90. The van der Waals surface area contributed by atoms with E-state index in [1.54, 1.807) is 0 Å². The lowest BCUT2D eigenvalue weighted by Crippen LogP contribution is -2.12. The first kappa shape index (κ1) is 20.9. The average molecular weight is 314 g/mol. The van der Waals surface area contributed by atoms with Crippen molar-refractivity contribution in [2.45, 2.75) is 79.1 Å². The largest absolute Gasteiger partial charge is 0.481 e. The molecule has 0 rings (SSSR count). The topological polar surface area (TPSA) is 63.6 Å². The molecule has 0 aliphatic rings. The van der Waals surface area contributed by atoms with E-state index in [4.69, 9.17) is 9.84 Å². The van der Waals surface area contributed by atoms with Crippen molar-refractivity contribution < 1.29 is 19.4 Å². The van der Waals surface area contributed by atoms with Crippen molar-refractivity contribution in [1.82, 2.24) is 0 Å². The predicted octanol–water partition coefficient (Wildman–Crippen LogP) is 4.66. The van der Waals surface area contributed by atoms with Crippen LogP contribution in [0.5, 0.6) is 0 Å². The standard InChI is InChI=1S/C18H34O4/c1-14(2)7-5-8-15(3)9-6-10-16(4)11-12-22-18(21)13-17(19)20/h14-16H,5-13H2,1-4H3,(H,19,20). The molecule has 0 fully saturated rings. The molecule has 2 unspecified atom stereocenters. The van der Waals surface area contributed by atoms with Gasteiger partial charge in [-0.2, -0.15) is 0 Å². The molecule has 0 saturated heterocycles. The number of carbonyl (C=O) groups is 2. The van der Waals surface area contributed by atoms with E-state index in [-0.39, 0.29) is 0 Å². The highest BCUT2D eigenvalue weighted by Crippen LogP contribution is 2.20. The van der Waals surface area contributed by atoms with Crippen LogP contribution in [0.1, 0.15) is 79.1 Å². The Morgan fingerprint density at radius 1 is 0.864 bits per heavy atom. The number of esters is 1. The van der Waals surface area contributed by atoms with Crippen LogP contribution in [0.25, 0.3) is 0 Å². The van der Waals surface area contributed by atoms with Gasteiger partial charge < -0.3 is 9.84 Å². The Kier molecular flexibility index (Phi) is 11.9. The highest BCUT2D eigenvalue weighted by atomic mass is 16.5. The maximum absolute atomic E-state index is 11.1. The normalized spacial score (nSPS) is 13.9. The van der Waals surface area contributed by atoms with Crippen molar-refractivity contribution >= 4 is 11.9 Å². The van der Waals surface area contributed by atoms with Gasteiger partial charge >= 0.3 is 11.9 Å². The third-order valence-corrected chi connectivity index (χ3v) is 4.04. The monoisotopic (exact) mass is 314 g/mol. The lowest BCUT2D eigenvalue weighted by atomic mass is 9.93. The van der Waals surface area contributed by atoms with Gasteiger partial charge in [0.1, 0.15) is 6.42 Å². The zero-order valence-corrected chi connectivity index (χ0v) is 14.8. The summed E-state index contributed by atoms with van der Waals surface area (Å²) < 4.78 is 4.91. The van der Waals surface area contributed by atoms with Crippen molar-refractivity contribution in [3.63, 3.8) is 0 Å². The van der Waals surface area contributed by atoms with E-state index in [2.05, 4.69) is 27.7 Å². The molecule has 4 heteroatoms.